The molecular weight excluding hydrogens is 626 g/mol. The molecule has 1 unspecified atom stereocenters. The molecule has 2 heterocycles. The molecule has 3 fully saturated rings. The fourth-order valence-electron chi connectivity index (χ4n) is 6.98. The largest absolute Gasteiger partial charge is 0.346 e. The number of likely N-dealkylation sites (tertiary alicyclic amines) is 1. The number of amides is 7. The molecule has 0 aromatic heterocycles. The summed E-state index contributed by atoms with van der Waals surface area (Å²) >= 11 is 0. The molecule has 4 N–H and O–H groups in total. The Morgan fingerprint density at radius 1 is 1.04 bits per heavy atom. The third kappa shape index (κ3) is 9.13. The zero-order chi connectivity index (χ0) is 37.1. The zero-order valence-electron chi connectivity index (χ0n) is 30.8. The van der Waals surface area contributed by atoms with E-state index in [1.54, 1.807) is 16.8 Å². The second kappa shape index (κ2) is 15.2. The average Bonchev–Trinajstić information content (AvgIpc) is 3.32. The number of Topliss-reactive ketones (excluding diaryl/α,β-unsaturated/α-hetero) is 1. The molecule has 6 atom stereocenters. The second-order valence-electron chi connectivity index (χ2n) is 16.4. The van der Waals surface area contributed by atoms with Crippen molar-refractivity contribution in [2.75, 3.05) is 39.8 Å². The minimum atomic E-state index is -1.17. The minimum absolute atomic E-state index is 0.0443. The molecule has 3 rings (SSSR count). The minimum Gasteiger partial charge on any atom is -0.346 e. The highest BCUT2D eigenvalue weighted by Gasteiger charge is 2.70. The van der Waals surface area contributed by atoms with E-state index in [0.717, 1.165) is 6.42 Å². The van der Waals surface area contributed by atoms with Crippen molar-refractivity contribution < 1.29 is 28.8 Å². The summed E-state index contributed by atoms with van der Waals surface area (Å²) < 4.78 is 0. The van der Waals surface area contributed by atoms with E-state index in [9.17, 15) is 28.8 Å². The van der Waals surface area contributed by atoms with Gasteiger partial charge in [0.25, 0.3) is 5.91 Å². The lowest BCUT2D eigenvalue weighted by Crippen LogP contribution is -2.63. The summed E-state index contributed by atoms with van der Waals surface area (Å²) in [6, 6.07) is -4.15. The first kappa shape index (κ1) is 39.4. The molecule has 1 saturated carbocycles. The first-order valence-corrected chi connectivity index (χ1v) is 17.2. The molecule has 0 aromatic carbocycles. The van der Waals surface area contributed by atoms with E-state index in [1.165, 1.54) is 11.0 Å². The molecule has 3 aliphatic rings. The van der Waals surface area contributed by atoms with E-state index in [-0.39, 0.29) is 42.7 Å². The Labute approximate surface area is 291 Å². The Hall–Kier alpha value is -4.08. The maximum Gasteiger partial charge on any atom is 0.319 e. The maximum absolute atomic E-state index is 14.4. The van der Waals surface area contributed by atoms with Crippen LogP contribution in [0.2, 0.25) is 0 Å². The van der Waals surface area contributed by atoms with Crippen molar-refractivity contribution in [3.05, 3.63) is 12.7 Å². The van der Waals surface area contributed by atoms with Gasteiger partial charge in [0.1, 0.15) is 12.1 Å². The number of carbonyl (C=O) groups excluding carboxylic acids is 6. The summed E-state index contributed by atoms with van der Waals surface area (Å²) in [4.78, 5) is 85.3. The Morgan fingerprint density at radius 2 is 1.69 bits per heavy atom. The van der Waals surface area contributed by atoms with Crippen LogP contribution in [-0.2, 0) is 19.2 Å². The molecule has 0 bridgehead atoms. The van der Waals surface area contributed by atoms with Crippen molar-refractivity contribution in [2.24, 2.45) is 28.1 Å². The highest BCUT2D eigenvalue weighted by Crippen LogP contribution is 2.65. The third-order valence-corrected chi connectivity index (χ3v) is 10.3. The van der Waals surface area contributed by atoms with Gasteiger partial charge in [-0.05, 0) is 40.9 Å². The molecular formula is C36H57N7O6. The number of urea groups is 2. The SMILES string of the molecule is C#CCCC(NC(=O)[C@@H]1[C@@H]2[C@H](CN1C(=O)[C@@H](NC(=O)N[C@H](CN1CCCN(C)C1=O)C(C)(C)C)C(C)(C)C)C2(C)C)C(=O)C(=O)NCC=C. The molecule has 2 saturated heterocycles. The smallest absolute Gasteiger partial charge is 0.319 e. The van der Waals surface area contributed by atoms with E-state index >= 15 is 0 Å². The van der Waals surface area contributed by atoms with Crippen molar-refractivity contribution in [1.82, 2.24) is 36.0 Å². The number of hydrogen-bond acceptors (Lipinski definition) is 6. The van der Waals surface area contributed by atoms with Crippen molar-refractivity contribution in [1.29, 1.82) is 0 Å². The molecule has 272 valence electrons. The number of carbonyl (C=O) groups is 6. The lowest BCUT2D eigenvalue weighted by molar-refractivity contribution is -0.145. The summed E-state index contributed by atoms with van der Waals surface area (Å²) in [6.45, 7) is 21.1. The summed E-state index contributed by atoms with van der Waals surface area (Å²) in [7, 11) is 1.76. The molecule has 49 heavy (non-hydrogen) atoms. The van der Waals surface area contributed by atoms with Crippen LogP contribution in [0.1, 0.15) is 74.7 Å². The number of piperidine rings is 1. The van der Waals surface area contributed by atoms with E-state index < -0.39 is 64.5 Å². The van der Waals surface area contributed by atoms with Crippen LogP contribution in [0.25, 0.3) is 0 Å². The topological polar surface area (TPSA) is 160 Å². The van der Waals surface area contributed by atoms with Crippen LogP contribution in [0.15, 0.2) is 12.7 Å². The summed E-state index contributed by atoms with van der Waals surface area (Å²) in [5.41, 5.74) is -1.37. The van der Waals surface area contributed by atoms with E-state index in [1.807, 2.05) is 55.4 Å². The number of hydrogen-bond donors (Lipinski definition) is 4. The summed E-state index contributed by atoms with van der Waals surface area (Å²) in [5, 5.41) is 11.1. The van der Waals surface area contributed by atoms with Gasteiger partial charge in [-0.15, -0.1) is 18.9 Å². The van der Waals surface area contributed by atoms with Gasteiger partial charge >= 0.3 is 12.1 Å². The number of nitrogens with one attached hydrogen (secondary N) is 4. The Morgan fingerprint density at radius 3 is 2.27 bits per heavy atom. The molecule has 0 aromatic rings. The highest BCUT2D eigenvalue weighted by atomic mass is 16.2. The van der Waals surface area contributed by atoms with E-state index in [2.05, 4.69) is 33.8 Å². The number of nitrogens with zero attached hydrogens (tertiary/aromatic N) is 3. The van der Waals surface area contributed by atoms with Crippen LogP contribution < -0.4 is 21.3 Å². The monoisotopic (exact) mass is 683 g/mol. The zero-order valence-corrected chi connectivity index (χ0v) is 30.8. The molecule has 0 radical (unpaired) electrons. The van der Waals surface area contributed by atoms with Crippen LogP contribution in [-0.4, -0.2) is 114 Å². The van der Waals surface area contributed by atoms with Crippen molar-refractivity contribution in [2.45, 2.75) is 98.8 Å². The summed E-state index contributed by atoms with van der Waals surface area (Å²) in [5.74, 6) is -0.325. The molecule has 13 nitrogen and oxygen atoms in total. The molecule has 7 amide bonds. The first-order valence-electron chi connectivity index (χ1n) is 17.2. The van der Waals surface area contributed by atoms with Crippen LogP contribution in [0.4, 0.5) is 9.59 Å². The van der Waals surface area contributed by atoms with Crippen molar-refractivity contribution in [3.63, 3.8) is 0 Å². The van der Waals surface area contributed by atoms with Gasteiger partial charge < -0.3 is 36.0 Å². The summed E-state index contributed by atoms with van der Waals surface area (Å²) in [6.07, 6.45) is 7.92. The molecule has 13 heteroatoms. The van der Waals surface area contributed by atoms with Gasteiger partial charge in [-0.2, -0.15) is 0 Å². The van der Waals surface area contributed by atoms with Crippen LogP contribution in [0.5, 0.6) is 0 Å². The number of ketones is 1. The predicted molar refractivity (Wildman–Crippen MR) is 187 cm³/mol. The number of terminal acetylenes is 1. The third-order valence-electron chi connectivity index (χ3n) is 10.3. The quantitative estimate of drug-likeness (QED) is 0.132. The van der Waals surface area contributed by atoms with Gasteiger partial charge in [0, 0.05) is 46.2 Å². The number of fused-ring (bicyclic) bond motifs is 1. The van der Waals surface area contributed by atoms with Gasteiger partial charge in [0.15, 0.2) is 0 Å². The van der Waals surface area contributed by atoms with Gasteiger partial charge in [-0.3, -0.25) is 19.2 Å². The average molecular weight is 684 g/mol. The molecule has 2 aliphatic heterocycles. The van der Waals surface area contributed by atoms with E-state index in [4.69, 9.17) is 6.42 Å². The van der Waals surface area contributed by atoms with E-state index in [0.29, 0.717) is 26.2 Å². The van der Waals surface area contributed by atoms with Crippen molar-refractivity contribution in [3.8, 4) is 12.3 Å². The fourth-order valence-corrected chi connectivity index (χ4v) is 6.98. The second-order valence-corrected chi connectivity index (χ2v) is 16.4. The van der Waals surface area contributed by atoms with Crippen molar-refractivity contribution >= 4 is 35.6 Å². The van der Waals surface area contributed by atoms with Gasteiger partial charge in [-0.25, -0.2) is 9.59 Å². The van der Waals surface area contributed by atoms with Crippen LogP contribution in [0, 0.1) is 40.4 Å². The lowest BCUT2D eigenvalue weighted by Gasteiger charge is -2.41. The lowest BCUT2D eigenvalue weighted by atomic mass is 9.84. The number of rotatable bonds is 13. The van der Waals surface area contributed by atoms with Gasteiger partial charge in [0.05, 0.1) is 12.1 Å². The Balaban J connectivity index is 1.82. The fraction of sp³-hybridized carbons (Fsp3) is 0.722. The predicted octanol–water partition coefficient (Wildman–Crippen LogP) is 2.13. The Bertz CT molecular complexity index is 1360. The van der Waals surface area contributed by atoms with Crippen LogP contribution in [0.3, 0.4) is 0 Å². The Kier molecular flexibility index (Phi) is 12.2. The van der Waals surface area contributed by atoms with Crippen LogP contribution >= 0.6 is 0 Å². The van der Waals surface area contributed by atoms with Gasteiger partial charge in [0.2, 0.25) is 17.6 Å². The maximum atomic E-state index is 14.4. The molecule has 1 aliphatic carbocycles. The first-order chi connectivity index (χ1) is 22.7. The van der Waals surface area contributed by atoms with Gasteiger partial charge in [-0.1, -0.05) is 61.5 Å². The normalized spacial score (nSPS) is 23.3. The standard InChI is InChI=1S/C36H57N7O6/c1-12-14-16-23(27(44)30(46)37-17-13-2)38-29(45)26-25-22(36(25,9)10)20-43(26)31(47)28(35(6,7)8)40-32(48)39-24(34(3,4)5)21-42-19-15-18-41(11)33(42)49/h1,13,22-26,28H,2,14-21H2,3-11H3,(H,37,46)(H,38,45)(H2,39,40,48)/t22-,23?,24+,25-,26-,28+/m0/s1. The highest BCUT2D eigenvalue weighted by molar-refractivity contribution is 6.38. The molecule has 0 spiro atoms.